The van der Waals surface area contributed by atoms with E-state index in [0.717, 1.165) is 22.9 Å². The molecule has 0 amide bonds. The van der Waals surface area contributed by atoms with Gasteiger partial charge in [-0.3, -0.25) is 9.25 Å². The molecule has 196 valence electrons. The summed E-state index contributed by atoms with van der Waals surface area (Å²) in [6.45, 7) is -0.384. The zero-order valence-electron chi connectivity index (χ0n) is 19.9. The van der Waals surface area contributed by atoms with Gasteiger partial charge in [0.15, 0.2) is 5.76 Å². The predicted octanol–water partition coefficient (Wildman–Crippen LogP) is 2.79. The number of nitrogens with two attached hydrogens (primary N) is 1. The molecule has 13 heteroatoms. The summed E-state index contributed by atoms with van der Waals surface area (Å²) in [6.07, 6.45) is 6.56. The second kappa shape index (κ2) is 11.0. The fourth-order valence-corrected chi connectivity index (χ4v) is 4.67. The average Bonchev–Trinajstić information content (AvgIpc) is 3.26. The SMILES string of the molecule is CS(=O)(=O)Nc1cccc(Cc2ccc(Cc3cc(C4=CC=CN(COP(=O)(O)O)C4N)on3)cc2)c1. The van der Waals surface area contributed by atoms with Gasteiger partial charge in [0.2, 0.25) is 10.0 Å². The van der Waals surface area contributed by atoms with Gasteiger partial charge in [0.05, 0.1) is 11.9 Å². The van der Waals surface area contributed by atoms with Gasteiger partial charge in [-0.2, -0.15) is 0 Å². The van der Waals surface area contributed by atoms with Crippen molar-refractivity contribution in [2.24, 2.45) is 5.73 Å². The van der Waals surface area contributed by atoms with Crippen LogP contribution < -0.4 is 10.5 Å². The summed E-state index contributed by atoms with van der Waals surface area (Å²) in [5.74, 6) is 0.451. The number of anilines is 1. The van der Waals surface area contributed by atoms with Crippen LogP contribution in [0.1, 0.15) is 28.1 Å². The molecule has 1 aliphatic rings. The lowest BCUT2D eigenvalue weighted by molar-refractivity contribution is 0.110. The second-order valence-corrected chi connectivity index (χ2v) is 11.6. The molecule has 0 saturated carbocycles. The summed E-state index contributed by atoms with van der Waals surface area (Å²) >= 11 is 0. The van der Waals surface area contributed by atoms with Crippen LogP contribution in [0.25, 0.3) is 5.57 Å². The molecule has 4 rings (SSSR count). The zero-order chi connectivity index (χ0) is 26.6. The number of allylic oxidation sites excluding steroid dienone is 2. The first kappa shape index (κ1) is 26.8. The summed E-state index contributed by atoms with van der Waals surface area (Å²) in [7, 11) is -7.97. The minimum atomic E-state index is -4.63. The normalized spacial score (nSPS) is 16.1. The van der Waals surface area contributed by atoms with Gasteiger partial charge < -0.3 is 24.9 Å². The molecule has 0 bridgehead atoms. The van der Waals surface area contributed by atoms with E-state index in [1.807, 2.05) is 42.5 Å². The molecule has 2 heterocycles. The predicted molar refractivity (Wildman–Crippen MR) is 138 cm³/mol. The van der Waals surface area contributed by atoms with Crippen molar-refractivity contribution in [3.05, 3.63) is 101 Å². The molecule has 3 aromatic rings. The Kier molecular flexibility index (Phi) is 7.98. The molecule has 0 radical (unpaired) electrons. The maximum Gasteiger partial charge on any atom is 0.471 e. The van der Waals surface area contributed by atoms with E-state index in [4.69, 9.17) is 20.0 Å². The molecule has 11 nitrogen and oxygen atoms in total. The summed E-state index contributed by atoms with van der Waals surface area (Å²) in [5, 5.41) is 4.13. The van der Waals surface area contributed by atoms with Crippen LogP contribution in [0.3, 0.4) is 0 Å². The van der Waals surface area contributed by atoms with E-state index in [-0.39, 0.29) is 6.73 Å². The number of hydrogen-bond donors (Lipinski definition) is 4. The number of aromatic nitrogens is 1. The lowest BCUT2D eigenvalue weighted by Crippen LogP contribution is -2.41. The number of sulfonamides is 1. The van der Waals surface area contributed by atoms with Gasteiger partial charge in [0.1, 0.15) is 12.9 Å². The molecule has 5 N–H and O–H groups in total. The third-order valence-electron chi connectivity index (χ3n) is 5.49. The Morgan fingerprint density at radius 2 is 1.81 bits per heavy atom. The Bertz CT molecular complexity index is 1460. The largest absolute Gasteiger partial charge is 0.471 e. The van der Waals surface area contributed by atoms with E-state index >= 15 is 0 Å². The van der Waals surface area contributed by atoms with Crippen LogP contribution in [0.15, 0.2) is 77.5 Å². The van der Waals surface area contributed by atoms with Gasteiger partial charge in [-0.05, 0) is 41.3 Å². The summed E-state index contributed by atoms with van der Waals surface area (Å²) in [5.41, 5.74) is 11.1. The van der Waals surface area contributed by atoms with E-state index in [2.05, 4.69) is 14.4 Å². The van der Waals surface area contributed by atoms with E-state index in [1.165, 1.54) is 4.90 Å². The highest BCUT2D eigenvalue weighted by Crippen LogP contribution is 2.36. The molecule has 37 heavy (non-hydrogen) atoms. The molecular weight excluding hydrogens is 519 g/mol. The lowest BCUT2D eigenvalue weighted by Gasteiger charge is -2.30. The van der Waals surface area contributed by atoms with Crippen LogP contribution in [0.2, 0.25) is 0 Å². The number of phosphoric acid groups is 1. The molecular formula is C24H27N4O7PS. The molecule has 1 unspecified atom stereocenters. The van der Waals surface area contributed by atoms with Crippen molar-refractivity contribution in [2.45, 2.75) is 19.0 Å². The van der Waals surface area contributed by atoms with Crippen LogP contribution in [0.5, 0.6) is 0 Å². The van der Waals surface area contributed by atoms with Crippen molar-refractivity contribution in [1.29, 1.82) is 0 Å². The maximum atomic E-state index is 11.5. The van der Waals surface area contributed by atoms with Crippen LogP contribution in [-0.4, -0.2) is 47.4 Å². The smallest absolute Gasteiger partial charge is 0.356 e. The van der Waals surface area contributed by atoms with Crippen LogP contribution in [0, 0.1) is 0 Å². The van der Waals surface area contributed by atoms with Gasteiger partial charge in [-0.1, -0.05) is 47.6 Å². The molecule has 1 atom stereocenters. The molecule has 0 spiro atoms. The Hall–Kier alpha value is -3.25. The minimum absolute atomic E-state index is 0.384. The first-order chi connectivity index (χ1) is 17.4. The van der Waals surface area contributed by atoms with Crippen molar-refractivity contribution in [2.75, 3.05) is 17.7 Å². The third-order valence-corrected chi connectivity index (χ3v) is 6.55. The van der Waals surface area contributed by atoms with Crippen LogP contribution >= 0.6 is 7.82 Å². The molecule has 1 aliphatic heterocycles. The lowest BCUT2D eigenvalue weighted by atomic mass is 10.0. The van der Waals surface area contributed by atoms with Crippen LogP contribution in [0.4, 0.5) is 5.69 Å². The highest BCUT2D eigenvalue weighted by molar-refractivity contribution is 7.92. The van der Waals surface area contributed by atoms with Gasteiger partial charge in [0, 0.05) is 29.9 Å². The molecule has 1 aromatic heterocycles. The number of rotatable bonds is 10. The van der Waals surface area contributed by atoms with Gasteiger partial charge in [0.25, 0.3) is 0 Å². The molecule has 0 fully saturated rings. The zero-order valence-corrected chi connectivity index (χ0v) is 21.6. The first-order valence-electron chi connectivity index (χ1n) is 11.2. The number of benzene rings is 2. The number of phosphoric ester groups is 1. The number of hydrogen-bond acceptors (Lipinski definition) is 8. The van der Waals surface area contributed by atoms with Gasteiger partial charge in [-0.15, -0.1) is 0 Å². The third kappa shape index (κ3) is 7.86. The molecule has 2 aromatic carbocycles. The van der Waals surface area contributed by atoms with Crippen molar-refractivity contribution in [3.63, 3.8) is 0 Å². The van der Waals surface area contributed by atoms with E-state index in [1.54, 1.807) is 30.5 Å². The summed E-state index contributed by atoms with van der Waals surface area (Å²) in [6, 6.07) is 17.1. The molecule has 0 saturated heterocycles. The van der Waals surface area contributed by atoms with Crippen molar-refractivity contribution in [3.8, 4) is 0 Å². The Balaban J connectivity index is 1.38. The standard InChI is InChI=1S/C24H27N4O7PS/c1-37(32,33)27-20-5-2-4-19(14-20)12-17-7-9-18(10-8-17)13-21-15-23(35-26-21)22-6-3-11-28(24(22)25)16-34-36(29,30)31/h2-11,14-15,24,27H,12-13,16,25H2,1H3,(H2,29,30,31). The molecule has 0 aliphatic carbocycles. The van der Waals surface area contributed by atoms with E-state index < -0.39 is 24.0 Å². The van der Waals surface area contributed by atoms with Crippen molar-refractivity contribution < 1.29 is 31.8 Å². The monoisotopic (exact) mass is 546 g/mol. The van der Waals surface area contributed by atoms with Crippen molar-refractivity contribution in [1.82, 2.24) is 10.1 Å². The van der Waals surface area contributed by atoms with Gasteiger partial charge in [-0.25, -0.2) is 13.0 Å². The fourth-order valence-electron chi connectivity index (χ4n) is 3.83. The van der Waals surface area contributed by atoms with Crippen LogP contribution in [-0.2, 0) is 32.0 Å². The maximum absolute atomic E-state index is 11.5. The second-order valence-electron chi connectivity index (χ2n) is 8.60. The van der Waals surface area contributed by atoms with Crippen molar-refractivity contribution >= 4 is 29.1 Å². The average molecular weight is 547 g/mol. The number of nitrogens with zero attached hydrogens (tertiary/aromatic N) is 2. The fraction of sp³-hybridized carbons (Fsp3) is 0.208. The first-order valence-corrected chi connectivity index (χ1v) is 14.6. The van der Waals surface area contributed by atoms with E-state index in [0.29, 0.717) is 35.6 Å². The quantitative estimate of drug-likeness (QED) is 0.278. The van der Waals surface area contributed by atoms with Gasteiger partial charge >= 0.3 is 7.82 Å². The minimum Gasteiger partial charge on any atom is -0.356 e. The number of nitrogens with one attached hydrogen (secondary N) is 1. The highest BCUT2D eigenvalue weighted by Gasteiger charge is 2.25. The van der Waals surface area contributed by atoms with E-state index in [9.17, 15) is 13.0 Å². The Morgan fingerprint density at radius 1 is 1.11 bits per heavy atom. The highest BCUT2D eigenvalue weighted by atomic mass is 32.2. The summed E-state index contributed by atoms with van der Waals surface area (Å²) in [4.78, 5) is 19.3. The Morgan fingerprint density at radius 3 is 2.49 bits per heavy atom. The topological polar surface area (TPSA) is 168 Å². The Labute approximate surface area is 214 Å². The summed E-state index contributed by atoms with van der Waals surface area (Å²) < 4.78 is 46.5.